The zero-order valence-electron chi connectivity index (χ0n) is 17.3. The highest BCUT2D eigenvalue weighted by atomic mass is 16.2. The van der Waals surface area contributed by atoms with Gasteiger partial charge in [0.15, 0.2) is 5.69 Å². The molecule has 156 valence electrons. The van der Waals surface area contributed by atoms with Crippen LogP contribution in [0.4, 0.5) is 0 Å². The van der Waals surface area contributed by atoms with Crippen molar-refractivity contribution in [2.75, 3.05) is 46.3 Å². The lowest BCUT2D eigenvalue weighted by Crippen LogP contribution is -2.45. The van der Waals surface area contributed by atoms with E-state index in [4.69, 9.17) is 0 Å². The molecule has 0 atom stereocenters. The van der Waals surface area contributed by atoms with Crippen LogP contribution in [0.2, 0.25) is 0 Å². The Bertz CT molecular complexity index is 1070. The van der Waals surface area contributed by atoms with Gasteiger partial charge in [0.05, 0.1) is 11.1 Å². The van der Waals surface area contributed by atoms with E-state index in [9.17, 15) is 9.59 Å². The minimum absolute atomic E-state index is 0.233. The number of rotatable bonds is 6. The third-order valence-corrected chi connectivity index (χ3v) is 5.55. The van der Waals surface area contributed by atoms with Crippen molar-refractivity contribution in [2.45, 2.75) is 6.42 Å². The number of aromatic nitrogens is 2. The Morgan fingerprint density at radius 1 is 0.967 bits per heavy atom. The van der Waals surface area contributed by atoms with Crippen molar-refractivity contribution < 1.29 is 4.79 Å². The molecule has 0 radical (unpaired) electrons. The Hall–Kier alpha value is -3.03. The summed E-state index contributed by atoms with van der Waals surface area (Å²) in [6, 6.07) is 16.3. The number of carbonyl (C=O) groups is 1. The molecule has 1 aromatic heterocycles. The van der Waals surface area contributed by atoms with E-state index < -0.39 is 0 Å². The molecule has 0 saturated carbocycles. The van der Waals surface area contributed by atoms with E-state index >= 15 is 0 Å². The van der Waals surface area contributed by atoms with Crippen LogP contribution in [0.3, 0.4) is 0 Å². The van der Waals surface area contributed by atoms with Gasteiger partial charge in [-0.05, 0) is 38.2 Å². The molecule has 1 amide bonds. The second-order valence-electron chi connectivity index (χ2n) is 7.70. The minimum atomic E-state index is -0.255. The molecule has 1 fully saturated rings. The fourth-order valence-corrected chi connectivity index (χ4v) is 3.76. The molecule has 7 nitrogen and oxygen atoms in total. The number of likely N-dealkylation sites (N-methyl/N-ethyl adjacent to an activating group) is 1. The summed E-state index contributed by atoms with van der Waals surface area (Å²) in [5.41, 5.74) is 0.675. The maximum absolute atomic E-state index is 12.9. The van der Waals surface area contributed by atoms with E-state index in [0.29, 0.717) is 23.0 Å². The molecule has 0 unspecified atom stereocenters. The molecule has 7 heteroatoms. The molecular weight excluding hydrogens is 378 g/mol. The molecule has 1 aliphatic heterocycles. The van der Waals surface area contributed by atoms with Crippen LogP contribution in [0, 0.1) is 0 Å². The predicted octanol–water partition coefficient (Wildman–Crippen LogP) is 1.75. The number of nitrogens with zero attached hydrogens (tertiary/aromatic N) is 4. The molecule has 30 heavy (non-hydrogen) atoms. The van der Waals surface area contributed by atoms with Gasteiger partial charge in [-0.2, -0.15) is 9.78 Å². The van der Waals surface area contributed by atoms with Gasteiger partial charge in [-0.1, -0.05) is 36.4 Å². The molecule has 3 aromatic rings. The number of fused-ring (bicyclic) bond motifs is 1. The highest BCUT2D eigenvalue weighted by molar-refractivity contribution is 6.04. The van der Waals surface area contributed by atoms with Crippen molar-refractivity contribution in [1.29, 1.82) is 0 Å². The van der Waals surface area contributed by atoms with Crippen LogP contribution in [0.1, 0.15) is 16.9 Å². The first-order chi connectivity index (χ1) is 14.6. The molecule has 1 N–H and O–H groups in total. The summed E-state index contributed by atoms with van der Waals surface area (Å²) < 4.78 is 1.31. The molecule has 2 heterocycles. The molecule has 0 bridgehead atoms. The van der Waals surface area contributed by atoms with Crippen LogP contribution in [0.15, 0.2) is 59.4 Å². The van der Waals surface area contributed by atoms with Gasteiger partial charge in [0.25, 0.3) is 11.5 Å². The number of hydrogen-bond acceptors (Lipinski definition) is 5. The van der Waals surface area contributed by atoms with Crippen LogP contribution < -0.4 is 10.9 Å². The maximum Gasteiger partial charge on any atom is 0.279 e. The van der Waals surface area contributed by atoms with Crippen molar-refractivity contribution in [3.63, 3.8) is 0 Å². The normalized spacial score (nSPS) is 15.4. The zero-order valence-corrected chi connectivity index (χ0v) is 17.3. The molecule has 4 rings (SSSR count). The smallest absolute Gasteiger partial charge is 0.279 e. The lowest BCUT2D eigenvalue weighted by Gasteiger charge is -2.32. The molecular formula is C23H27N5O2. The van der Waals surface area contributed by atoms with E-state index in [1.807, 2.05) is 24.3 Å². The Morgan fingerprint density at radius 3 is 2.37 bits per heavy atom. The lowest BCUT2D eigenvalue weighted by atomic mass is 10.1. The summed E-state index contributed by atoms with van der Waals surface area (Å²) in [6.07, 6.45) is 0.881. The quantitative estimate of drug-likeness (QED) is 0.633. The van der Waals surface area contributed by atoms with Crippen LogP contribution in [0.5, 0.6) is 0 Å². The van der Waals surface area contributed by atoms with Gasteiger partial charge in [0, 0.05) is 38.1 Å². The van der Waals surface area contributed by atoms with Gasteiger partial charge >= 0.3 is 0 Å². The highest BCUT2D eigenvalue weighted by Crippen LogP contribution is 2.15. The van der Waals surface area contributed by atoms with Gasteiger partial charge in [-0.15, -0.1) is 0 Å². The Labute approximate surface area is 175 Å². The summed E-state index contributed by atoms with van der Waals surface area (Å²) in [6.45, 7) is 5.85. The van der Waals surface area contributed by atoms with E-state index in [-0.39, 0.29) is 17.2 Å². The standard InChI is InChI=1S/C23H27N5O2/c1-26-14-16-27(17-15-26)13-7-12-24-22(29)21-19-10-5-6-11-20(19)23(30)28(25-21)18-8-3-2-4-9-18/h2-6,8-11H,7,12-17H2,1H3,(H,24,29). The van der Waals surface area contributed by atoms with E-state index in [1.54, 1.807) is 30.3 Å². The summed E-state index contributed by atoms with van der Waals surface area (Å²) in [5, 5.41) is 8.47. The average Bonchev–Trinajstić information content (AvgIpc) is 2.79. The van der Waals surface area contributed by atoms with Gasteiger partial charge in [0.1, 0.15) is 0 Å². The Morgan fingerprint density at radius 2 is 1.63 bits per heavy atom. The fraction of sp³-hybridized carbons (Fsp3) is 0.348. The molecule has 1 saturated heterocycles. The second-order valence-corrected chi connectivity index (χ2v) is 7.70. The average molecular weight is 406 g/mol. The van der Waals surface area contributed by atoms with Crippen LogP contribution >= 0.6 is 0 Å². The van der Waals surface area contributed by atoms with E-state index in [1.165, 1.54) is 4.68 Å². The molecule has 2 aromatic carbocycles. The van der Waals surface area contributed by atoms with Gasteiger partial charge < -0.3 is 15.1 Å². The van der Waals surface area contributed by atoms with Gasteiger partial charge in [-0.3, -0.25) is 9.59 Å². The SMILES string of the molecule is CN1CCN(CCCNC(=O)c2nn(-c3ccccc3)c(=O)c3ccccc23)CC1. The third kappa shape index (κ3) is 4.42. The number of piperazine rings is 1. The largest absolute Gasteiger partial charge is 0.351 e. The van der Waals surface area contributed by atoms with Crippen LogP contribution in [-0.2, 0) is 0 Å². The number of para-hydroxylation sites is 1. The lowest BCUT2D eigenvalue weighted by molar-refractivity contribution is 0.0944. The fourth-order valence-electron chi connectivity index (χ4n) is 3.76. The molecule has 1 aliphatic rings. The first-order valence-electron chi connectivity index (χ1n) is 10.4. The Balaban J connectivity index is 1.51. The topological polar surface area (TPSA) is 70.5 Å². The number of benzene rings is 2. The van der Waals surface area contributed by atoms with Gasteiger partial charge in [-0.25, -0.2) is 0 Å². The predicted molar refractivity (Wildman–Crippen MR) is 118 cm³/mol. The van der Waals surface area contributed by atoms with Crippen LogP contribution in [-0.4, -0.2) is 71.8 Å². The monoisotopic (exact) mass is 405 g/mol. The summed E-state index contributed by atoms with van der Waals surface area (Å²) in [4.78, 5) is 30.6. The summed E-state index contributed by atoms with van der Waals surface area (Å²) in [7, 11) is 2.14. The van der Waals surface area contributed by atoms with Crippen molar-refractivity contribution in [3.05, 3.63) is 70.6 Å². The van der Waals surface area contributed by atoms with E-state index in [0.717, 1.165) is 39.1 Å². The highest BCUT2D eigenvalue weighted by Gasteiger charge is 2.18. The van der Waals surface area contributed by atoms with Crippen molar-refractivity contribution in [2.24, 2.45) is 0 Å². The second kappa shape index (κ2) is 9.19. The summed E-state index contributed by atoms with van der Waals surface area (Å²) >= 11 is 0. The minimum Gasteiger partial charge on any atom is -0.351 e. The first kappa shape index (κ1) is 20.3. The van der Waals surface area contributed by atoms with Crippen molar-refractivity contribution >= 4 is 16.7 Å². The van der Waals surface area contributed by atoms with Crippen molar-refractivity contribution in [1.82, 2.24) is 24.9 Å². The molecule has 0 spiro atoms. The summed E-state index contributed by atoms with van der Waals surface area (Å²) in [5.74, 6) is -0.255. The maximum atomic E-state index is 12.9. The number of carbonyl (C=O) groups excluding carboxylic acids is 1. The number of amides is 1. The zero-order chi connectivity index (χ0) is 20.9. The Kier molecular flexibility index (Phi) is 6.21. The van der Waals surface area contributed by atoms with Gasteiger partial charge in [0.2, 0.25) is 0 Å². The van der Waals surface area contributed by atoms with E-state index in [2.05, 4.69) is 27.3 Å². The number of nitrogens with one attached hydrogen (secondary N) is 1. The first-order valence-corrected chi connectivity index (χ1v) is 10.4. The molecule has 0 aliphatic carbocycles. The number of hydrogen-bond donors (Lipinski definition) is 1. The van der Waals surface area contributed by atoms with Crippen LogP contribution in [0.25, 0.3) is 16.5 Å². The third-order valence-electron chi connectivity index (χ3n) is 5.55. The van der Waals surface area contributed by atoms with Crippen molar-refractivity contribution in [3.8, 4) is 5.69 Å².